The van der Waals surface area contributed by atoms with Crippen molar-refractivity contribution in [1.82, 2.24) is 14.9 Å². The van der Waals surface area contributed by atoms with Crippen LogP contribution in [0.25, 0.3) is 0 Å². The van der Waals surface area contributed by atoms with Gasteiger partial charge in [-0.15, -0.1) is 0 Å². The second-order valence-corrected chi connectivity index (χ2v) is 7.90. The lowest BCUT2D eigenvalue weighted by Crippen LogP contribution is -2.48. The van der Waals surface area contributed by atoms with Crippen molar-refractivity contribution in [2.45, 2.75) is 20.0 Å². The highest BCUT2D eigenvalue weighted by Crippen LogP contribution is 2.24. The van der Waals surface area contributed by atoms with Crippen LogP contribution in [0.15, 0.2) is 29.3 Å². The molecule has 2 rings (SSSR count). The number of hydrogen-bond donors (Lipinski definition) is 2. The van der Waals surface area contributed by atoms with E-state index in [-0.39, 0.29) is 6.10 Å². The fourth-order valence-corrected chi connectivity index (χ4v) is 3.26. The van der Waals surface area contributed by atoms with E-state index < -0.39 is 10.0 Å². The fourth-order valence-electron chi connectivity index (χ4n) is 2.80. The number of sulfonamides is 1. The van der Waals surface area contributed by atoms with Crippen molar-refractivity contribution in [3.05, 3.63) is 35.4 Å². The van der Waals surface area contributed by atoms with Crippen molar-refractivity contribution in [3.63, 3.8) is 0 Å². The number of morpholine rings is 1. The van der Waals surface area contributed by atoms with Gasteiger partial charge in [-0.25, -0.2) is 13.1 Å². The van der Waals surface area contributed by atoms with Crippen LogP contribution in [0, 0.1) is 6.92 Å². The van der Waals surface area contributed by atoms with Crippen LogP contribution in [0.3, 0.4) is 0 Å². The Bertz CT molecular complexity index is 691. The Morgan fingerprint density at radius 3 is 2.84 bits per heavy atom. The molecule has 1 fully saturated rings. The predicted molar refractivity (Wildman–Crippen MR) is 100 cm³/mol. The average Bonchev–Trinajstić information content (AvgIpc) is 2.57. The first-order chi connectivity index (χ1) is 11.9. The second-order valence-electron chi connectivity index (χ2n) is 6.06. The fraction of sp³-hybridized carbons (Fsp3) is 0.588. The van der Waals surface area contributed by atoms with Gasteiger partial charge in [-0.05, 0) is 25.0 Å². The third-order valence-electron chi connectivity index (χ3n) is 3.97. The molecule has 1 aliphatic rings. The lowest BCUT2D eigenvalue weighted by atomic mass is 10.0. The topological polar surface area (TPSA) is 83.0 Å². The molecule has 0 radical (unpaired) electrons. The monoisotopic (exact) mass is 368 g/mol. The van der Waals surface area contributed by atoms with Crippen LogP contribution >= 0.6 is 0 Å². The van der Waals surface area contributed by atoms with Crippen LogP contribution in [0.2, 0.25) is 0 Å². The molecule has 1 heterocycles. The molecular weight excluding hydrogens is 340 g/mol. The quantitative estimate of drug-likeness (QED) is 0.443. The van der Waals surface area contributed by atoms with Gasteiger partial charge in [-0.3, -0.25) is 4.99 Å². The minimum absolute atomic E-state index is 0.00736. The highest BCUT2D eigenvalue weighted by Gasteiger charge is 2.25. The molecule has 0 aromatic heterocycles. The SMILES string of the molecule is CCNC(=NCCNS(C)(=O)=O)N1CCOC(c2ccccc2C)C1. The van der Waals surface area contributed by atoms with Crippen molar-refractivity contribution < 1.29 is 13.2 Å². The molecule has 2 N–H and O–H groups in total. The summed E-state index contributed by atoms with van der Waals surface area (Å²) < 4.78 is 30.7. The summed E-state index contributed by atoms with van der Waals surface area (Å²) in [4.78, 5) is 6.71. The number of guanidine groups is 1. The number of rotatable bonds is 6. The standard InChI is InChI=1S/C17H28N4O3S/c1-4-18-17(19-9-10-20-25(3,22)23)21-11-12-24-16(13-21)15-8-6-5-7-14(15)2/h5-8,16,20H,4,9-13H2,1-3H3,(H,18,19). The van der Waals surface area contributed by atoms with Gasteiger partial charge in [0.2, 0.25) is 10.0 Å². The van der Waals surface area contributed by atoms with Crippen LogP contribution in [0.4, 0.5) is 0 Å². The van der Waals surface area contributed by atoms with E-state index in [1.807, 2.05) is 19.1 Å². The number of aliphatic imine (C=N–C) groups is 1. The first-order valence-corrected chi connectivity index (χ1v) is 10.4. The molecule has 25 heavy (non-hydrogen) atoms. The van der Waals surface area contributed by atoms with Gasteiger partial charge in [0.1, 0.15) is 6.10 Å². The van der Waals surface area contributed by atoms with Gasteiger partial charge in [-0.1, -0.05) is 24.3 Å². The van der Waals surface area contributed by atoms with E-state index in [1.165, 1.54) is 11.1 Å². The first-order valence-electron chi connectivity index (χ1n) is 8.55. The van der Waals surface area contributed by atoms with Gasteiger partial charge in [0.25, 0.3) is 0 Å². The molecule has 140 valence electrons. The first kappa shape index (κ1) is 19.7. The van der Waals surface area contributed by atoms with Crippen molar-refractivity contribution in [3.8, 4) is 0 Å². The molecule has 0 spiro atoms. The predicted octanol–water partition coefficient (Wildman–Crippen LogP) is 0.883. The Morgan fingerprint density at radius 2 is 2.16 bits per heavy atom. The van der Waals surface area contributed by atoms with Crippen LogP contribution in [0.5, 0.6) is 0 Å². The molecule has 1 saturated heterocycles. The largest absolute Gasteiger partial charge is 0.370 e. The van der Waals surface area contributed by atoms with Crippen LogP contribution in [0.1, 0.15) is 24.2 Å². The number of aryl methyl sites for hydroxylation is 1. The smallest absolute Gasteiger partial charge is 0.208 e. The minimum Gasteiger partial charge on any atom is -0.370 e. The molecule has 1 unspecified atom stereocenters. The number of hydrogen-bond acceptors (Lipinski definition) is 4. The molecule has 0 saturated carbocycles. The summed E-state index contributed by atoms with van der Waals surface area (Å²) in [6.45, 7) is 7.65. The number of ether oxygens (including phenoxy) is 1. The van der Waals surface area contributed by atoms with E-state index in [9.17, 15) is 8.42 Å². The summed E-state index contributed by atoms with van der Waals surface area (Å²) in [5, 5.41) is 3.28. The zero-order chi connectivity index (χ0) is 18.3. The van der Waals surface area contributed by atoms with Gasteiger partial charge in [0.15, 0.2) is 5.96 Å². The molecule has 1 aromatic carbocycles. The molecule has 7 nitrogen and oxygen atoms in total. The third kappa shape index (κ3) is 6.30. The molecule has 1 atom stereocenters. The lowest BCUT2D eigenvalue weighted by molar-refractivity contribution is -0.00832. The summed E-state index contributed by atoms with van der Waals surface area (Å²) in [6, 6.07) is 8.25. The van der Waals surface area contributed by atoms with E-state index in [4.69, 9.17) is 4.74 Å². The highest BCUT2D eigenvalue weighted by atomic mass is 32.2. The summed E-state index contributed by atoms with van der Waals surface area (Å²) in [5.41, 5.74) is 2.41. The molecule has 0 amide bonds. The van der Waals surface area contributed by atoms with Crippen molar-refractivity contribution in [1.29, 1.82) is 0 Å². The van der Waals surface area contributed by atoms with Crippen LogP contribution in [-0.2, 0) is 14.8 Å². The maximum atomic E-state index is 11.1. The molecular formula is C17H28N4O3S. The zero-order valence-electron chi connectivity index (χ0n) is 15.2. The Labute approximate surface area is 150 Å². The number of benzene rings is 1. The Morgan fingerprint density at radius 1 is 1.40 bits per heavy atom. The molecule has 0 bridgehead atoms. The molecule has 8 heteroatoms. The molecule has 1 aliphatic heterocycles. The summed E-state index contributed by atoms with van der Waals surface area (Å²) >= 11 is 0. The maximum Gasteiger partial charge on any atom is 0.208 e. The molecule has 1 aromatic rings. The summed E-state index contributed by atoms with van der Waals surface area (Å²) in [7, 11) is -3.18. The Balaban J connectivity index is 2.03. The van der Waals surface area contributed by atoms with Crippen LogP contribution in [-0.4, -0.2) is 64.9 Å². The van der Waals surface area contributed by atoms with Gasteiger partial charge in [0, 0.05) is 19.6 Å². The lowest BCUT2D eigenvalue weighted by Gasteiger charge is -2.35. The summed E-state index contributed by atoms with van der Waals surface area (Å²) in [6.07, 6.45) is 1.16. The van der Waals surface area contributed by atoms with Crippen LogP contribution < -0.4 is 10.0 Å². The van der Waals surface area contributed by atoms with E-state index in [0.717, 1.165) is 31.8 Å². The maximum absolute atomic E-state index is 11.1. The average molecular weight is 369 g/mol. The molecule has 0 aliphatic carbocycles. The zero-order valence-corrected chi connectivity index (χ0v) is 16.0. The third-order valence-corrected chi connectivity index (χ3v) is 4.70. The summed E-state index contributed by atoms with van der Waals surface area (Å²) in [5.74, 6) is 0.791. The Hall–Kier alpha value is -1.64. The van der Waals surface area contributed by atoms with E-state index >= 15 is 0 Å². The second kappa shape index (κ2) is 9.17. The minimum atomic E-state index is -3.18. The van der Waals surface area contributed by atoms with E-state index in [0.29, 0.717) is 19.7 Å². The normalized spacial score (nSPS) is 19.1. The van der Waals surface area contributed by atoms with Crippen molar-refractivity contribution in [2.24, 2.45) is 4.99 Å². The highest BCUT2D eigenvalue weighted by molar-refractivity contribution is 7.88. The van der Waals surface area contributed by atoms with Gasteiger partial charge in [-0.2, -0.15) is 0 Å². The number of nitrogens with one attached hydrogen (secondary N) is 2. The van der Waals surface area contributed by atoms with E-state index in [1.54, 1.807) is 0 Å². The van der Waals surface area contributed by atoms with Crippen molar-refractivity contribution in [2.75, 3.05) is 45.6 Å². The van der Waals surface area contributed by atoms with Gasteiger partial charge >= 0.3 is 0 Å². The van der Waals surface area contributed by atoms with Crippen molar-refractivity contribution >= 4 is 16.0 Å². The van der Waals surface area contributed by atoms with Gasteiger partial charge in [0.05, 0.1) is 26.0 Å². The van der Waals surface area contributed by atoms with Gasteiger partial charge < -0.3 is 15.0 Å². The van der Waals surface area contributed by atoms with E-state index in [2.05, 4.69) is 39.0 Å². The Kier molecular flexibility index (Phi) is 7.22. The number of nitrogens with zero attached hydrogens (tertiary/aromatic N) is 2.